The van der Waals surface area contributed by atoms with Crippen LogP contribution in [0.1, 0.15) is 12.6 Å². The summed E-state index contributed by atoms with van der Waals surface area (Å²) in [6.07, 6.45) is 3.17. The summed E-state index contributed by atoms with van der Waals surface area (Å²) >= 11 is 0. The summed E-state index contributed by atoms with van der Waals surface area (Å²) in [5.74, 6) is 0.589. The molecule has 0 bridgehead atoms. The monoisotopic (exact) mass is 561 g/mol. The predicted octanol–water partition coefficient (Wildman–Crippen LogP) is 1.33. The maximum atomic E-state index is 14.7. The highest BCUT2D eigenvalue weighted by Crippen LogP contribution is 2.32. The minimum atomic E-state index is -0.421. The Bertz CT molecular complexity index is 1420. The molecule has 11 nitrogen and oxygen atoms in total. The molecule has 4 aliphatic rings. The second kappa shape index (κ2) is 10.7. The lowest BCUT2D eigenvalue weighted by atomic mass is 9.92. The van der Waals surface area contributed by atoms with Gasteiger partial charge in [-0.2, -0.15) is 10.4 Å². The van der Waals surface area contributed by atoms with Crippen LogP contribution in [-0.2, 0) is 9.47 Å². The highest BCUT2D eigenvalue weighted by Gasteiger charge is 2.45. The zero-order valence-electron chi connectivity index (χ0n) is 23.4. The first-order valence-electron chi connectivity index (χ1n) is 14.5. The Morgan fingerprint density at radius 3 is 2.66 bits per heavy atom. The van der Waals surface area contributed by atoms with Crippen molar-refractivity contribution >= 4 is 22.7 Å². The second-order valence-electron chi connectivity index (χ2n) is 11.7. The number of aromatic nitrogens is 3. The third-order valence-corrected chi connectivity index (χ3v) is 8.72. The van der Waals surface area contributed by atoms with Gasteiger partial charge < -0.3 is 29.5 Å². The average Bonchev–Trinajstić information content (AvgIpc) is 3.37. The van der Waals surface area contributed by atoms with E-state index in [4.69, 9.17) is 14.5 Å². The Labute approximate surface area is 239 Å². The summed E-state index contributed by atoms with van der Waals surface area (Å²) in [7, 11) is 0. The maximum absolute atomic E-state index is 14.7. The van der Waals surface area contributed by atoms with E-state index in [9.17, 15) is 9.65 Å². The van der Waals surface area contributed by atoms with Crippen molar-refractivity contribution in [3.8, 4) is 6.07 Å². The van der Waals surface area contributed by atoms with Gasteiger partial charge in [0.2, 0.25) is 0 Å². The summed E-state index contributed by atoms with van der Waals surface area (Å²) in [4.78, 5) is 14.1. The third kappa shape index (κ3) is 5.08. The zero-order valence-corrected chi connectivity index (χ0v) is 23.4. The molecule has 2 atom stereocenters. The Morgan fingerprint density at radius 1 is 1.07 bits per heavy atom. The van der Waals surface area contributed by atoms with Gasteiger partial charge in [0, 0.05) is 58.9 Å². The fourth-order valence-electron chi connectivity index (χ4n) is 6.68. The number of nitrogens with one attached hydrogen (secondary N) is 1. The normalized spacial score (nSPS) is 25.0. The number of hydrogen-bond donors (Lipinski definition) is 1. The largest absolute Gasteiger partial charge is 0.370 e. The van der Waals surface area contributed by atoms with Crippen LogP contribution in [-0.4, -0.2) is 116 Å². The van der Waals surface area contributed by atoms with Crippen LogP contribution in [0.5, 0.6) is 0 Å². The first-order valence-corrected chi connectivity index (χ1v) is 14.5. The molecule has 0 saturated carbocycles. The van der Waals surface area contributed by atoms with Crippen LogP contribution in [0, 0.1) is 17.1 Å². The molecule has 2 unspecified atom stereocenters. The molecule has 1 N–H and O–H groups in total. The van der Waals surface area contributed by atoms with Crippen molar-refractivity contribution < 1.29 is 13.9 Å². The molecule has 41 heavy (non-hydrogen) atoms. The van der Waals surface area contributed by atoms with Gasteiger partial charge in [-0.25, -0.2) is 13.9 Å². The Balaban J connectivity index is 0.941. The van der Waals surface area contributed by atoms with Gasteiger partial charge in [0.25, 0.3) is 0 Å². The fraction of sp³-hybridized carbons (Fsp3) is 0.552. The van der Waals surface area contributed by atoms with Crippen LogP contribution in [0.25, 0.3) is 5.52 Å². The number of nitriles is 1. The minimum absolute atomic E-state index is 0.00327. The minimum Gasteiger partial charge on any atom is -0.370 e. The van der Waals surface area contributed by atoms with Crippen LogP contribution < -0.4 is 20.0 Å². The van der Waals surface area contributed by atoms with E-state index < -0.39 is 5.82 Å². The standard InChI is InChI=1S/C29H36FN9O2/c1-21-15-37(26-4-2-22(12-31)39-28(26)25(30)14-34-39)17-24(41-21)16-35-7-9-36(10-8-35)23-3-5-27(33-13-23)38-19-29(20-38)18-32-6-11-40-29/h2-5,13-14,21,24,32H,6-11,15-20H2,1H3. The quantitative estimate of drug-likeness (QED) is 0.492. The number of morpholine rings is 2. The molecular formula is C29H36FN9O2. The van der Waals surface area contributed by atoms with Gasteiger partial charge >= 0.3 is 0 Å². The molecule has 4 fully saturated rings. The van der Waals surface area contributed by atoms with Crippen LogP contribution in [0.2, 0.25) is 0 Å². The molecule has 0 aliphatic carbocycles. The molecule has 7 rings (SSSR count). The lowest BCUT2D eigenvalue weighted by Crippen LogP contribution is -2.70. The predicted molar refractivity (Wildman–Crippen MR) is 153 cm³/mol. The Morgan fingerprint density at radius 2 is 1.93 bits per heavy atom. The van der Waals surface area contributed by atoms with Gasteiger partial charge in [-0.05, 0) is 31.2 Å². The number of nitrogens with zero attached hydrogens (tertiary/aromatic N) is 8. The molecule has 0 aromatic carbocycles. The van der Waals surface area contributed by atoms with Crippen LogP contribution in [0.4, 0.5) is 21.6 Å². The average molecular weight is 562 g/mol. The number of piperazine rings is 1. The lowest BCUT2D eigenvalue weighted by molar-refractivity contribution is -0.0831. The molecule has 4 aliphatic heterocycles. The molecule has 12 heteroatoms. The van der Waals surface area contributed by atoms with Gasteiger partial charge in [0.15, 0.2) is 5.82 Å². The van der Waals surface area contributed by atoms with E-state index in [2.05, 4.69) is 55.1 Å². The van der Waals surface area contributed by atoms with E-state index in [1.54, 1.807) is 6.07 Å². The first kappa shape index (κ1) is 26.4. The van der Waals surface area contributed by atoms with Crippen molar-refractivity contribution in [3.63, 3.8) is 0 Å². The van der Waals surface area contributed by atoms with Crippen LogP contribution in [0.15, 0.2) is 36.7 Å². The van der Waals surface area contributed by atoms with E-state index in [0.29, 0.717) is 24.3 Å². The van der Waals surface area contributed by atoms with E-state index in [1.807, 2.05) is 12.3 Å². The molecule has 7 heterocycles. The lowest BCUT2D eigenvalue weighted by Gasteiger charge is -2.52. The fourth-order valence-corrected chi connectivity index (χ4v) is 6.68. The number of ether oxygens (including phenoxy) is 2. The Kier molecular flexibility index (Phi) is 6.90. The molecule has 0 amide bonds. The van der Waals surface area contributed by atoms with Crippen LogP contribution >= 0.6 is 0 Å². The summed E-state index contributed by atoms with van der Waals surface area (Å²) < 4.78 is 28.4. The molecule has 4 saturated heterocycles. The molecule has 1 spiro atoms. The van der Waals surface area contributed by atoms with Crippen LogP contribution in [0.3, 0.4) is 0 Å². The van der Waals surface area contributed by atoms with E-state index in [1.165, 1.54) is 10.7 Å². The van der Waals surface area contributed by atoms with Crippen molar-refractivity contribution in [2.75, 3.05) is 93.3 Å². The second-order valence-corrected chi connectivity index (χ2v) is 11.7. The van der Waals surface area contributed by atoms with Gasteiger partial charge in [-0.15, -0.1) is 0 Å². The number of anilines is 3. The number of rotatable bonds is 5. The highest BCUT2D eigenvalue weighted by atomic mass is 19.1. The van der Waals surface area contributed by atoms with Gasteiger partial charge in [0.05, 0.1) is 55.7 Å². The molecular weight excluding hydrogens is 525 g/mol. The summed E-state index contributed by atoms with van der Waals surface area (Å²) in [5.41, 5.74) is 2.51. The number of hydrogen-bond acceptors (Lipinski definition) is 10. The maximum Gasteiger partial charge on any atom is 0.171 e. The third-order valence-electron chi connectivity index (χ3n) is 8.72. The summed E-state index contributed by atoms with van der Waals surface area (Å²) in [5, 5.41) is 16.9. The molecule has 0 radical (unpaired) electrons. The van der Waals surface area contributed by atoms with E-state index >= 15 is 0 Å². The topological polar surface area (TPSA) is 97.4 Å². The SMILES string of the molecule is CC1CN(c2ccc(C#N)n3ncc(F)c23)CC(CN2CCN(c3ccc(N4CC5(CNCCO5)C4)nc3)CC2)O1. The van der Waals surface area contributed by atoms with Crippen molar-refractivity contribution in [2.45, 2.75) is 24.7 Å². The van der Waals surface area contributed by atoms with Gasteiger partial charge in [-0.1, -0.05) is 0 Å². The van der Waals surface area contributed by atoms with E-state index in [-0.39, 0.29) is 17.8 Å². The van der Waals surface area contributed by atoms with E-state index in [0.717, 1.165) is 82.7 Å². The van der Waals surface area contributed by atoms with Crippen molar-refractivity contribution in [1.82, 2.24) is 24.8 Å². The summed E-state index contributed by atoms with van der Waals surface area (Å²) in [6, 6.07) is 9.93. The first-order chi connectivity index (χ1) is 20.0. The van der Waals surface area contributed by atoms with Crippen molar-refractivity contribution in [3.05, 3.63) is 48.2 Å². The van der Waals surface area contributed by atoms with Gasteiger partial charge in [-0.3, -0.25) is 4.90 Å². The molecule has 3 aromatic rings. The number of fused-ring (bicyclic) bond motifs is 1. The zero-order chi connectivity index (χ0) is 28.0. The van der Waals surface area contributed by atoms with Crippen molar-refractivity contribution in [1.29, 1.82) is 5.26 Å². The van der Waals surface area contributed by atoms with Crippen molar-refractivity contribution in [2.24, 2.45) is 0 Å². The smallest absolute Gasteiger partial charge is 0.171 e. The number of halogens is 1. The number of pyridine rings is 2. The Hall–Kier alpha value is -3.50. The molecule has 216 valence electrons. The highest BCUT2D eigenvalue weighted by molar-refractivity contribution is 5.74. The molecule has 3 aromatic heterocycles. The summed E-state index contributed by atoms with van der Waals surface area (Å²) in [6.45, 7) is 12.3. The van der Waals surface area contributed by atoms with Gasteiger partial charge in [0.1, 0.15) is 28.7 Å².